The molecule has 0 saturated carbocycles. The summed E-state index contributed by atoms with van der Waals surface area (Å²) in [6, 6.07) is 12.5. The van der Waals surface area contributed by atoms with Crippen LogP contribution in [0.1, 0.15) is 17.4 Å². The van der Waals surface area contributed by atoms with Crippen molar-refractivity contribution in [3.05, 3.63) is 46.8 Å². The average Bonchev–Trinajstić information content (AvgIpc) is 3.28. The molecule has 1 N–H and O–H groups in total. The molecule has 5 nitrogen and oxygen atoms in total. The van der Waals surface area contributed by atoms with E-state index in [0.717, 1.165) is 28.4 Å². The van der Waals surface area contributed by atoms with Gasteiger partial charge in [-0.2, -0.15) is 4.98 Å². The van der Waals surface area contributed by atoms with Gasteiger partial charge in [-0.05, 0) is 38.1 Å². The van der Waals surface area contributed by atoms with Gasteiger partial charge in [0.15, 0.2) is 0 Å². The van der Waals surface area contributed by atoms with E-state index in [2.05, 4.69) is 40.4 Å². The zero-order valence-electron chi connectivity index (χ0n) is 12.9. The van der Waals surface area contributed by atoms with E-state index >= 15 is 0 Å². The quantitative estimate of drug-likeness (QED) is 0.801. The topological polar surface area (TPSA) is 63.3 Å². The number of rotatable bonds is 3. The number of hydrogen-bond donors (Lipinski definition) is 1. The van der Waals surface area contributed by atoms with E-state index in [9.17, 15) is 0 Å². The Kier molecular flexibility index (Phi) is 3.46. The number of benzene rings is 1. The summed E-state index contributed by atoms with van der Waals surface area (Å²) >= 11 is 1.66. The van der Waals surface area contributed by atoms with E-state index < -0.39 is 0 Å². The van der Waals surface area contributed by atoms with Crippen LogP contribution in [0.2, 0.25) is 0 Å². The average molecular weight is 324 g/mol. The molecule has 1 aliphatic heterocycles. The number of nitrogens with one attached hydrogen (secondary N) is 1. The standard InChI is InChI=1S/C17H16N4OS/c1-10-9-18-15(19-10)12-4-6-13(7-5-12)17-20-16(21-22-17)14-8-3-11(2)23-14/h3-8,10H,9H2,1-2H3,(H,18,19). The first-order chi connectivity index (χ1) is 11.2. The number of thiophene rings is 1. The molecule has 3 aromatic rings. The second kappa shape index (κ2) is 5.62. The second-order valence-corrected chi connectivity index (χ2v) is 6.93. The highest BCUT2D eigenvalue weighted by Crippen LogP contribution is 2.27. The first-order valence-corrected chi connectivity index (χ1v) is 8.33. The van der Waals surface area contributed by atoms with Crippen LogP contribution in [0.15, 0.2) is 45.9 Å². The van der Waals surface area contributed by atoms with Crippen molar-refractivity contribution in [2.75, 3.05) is 6.54 Å². The summed E-state index contributed by atoms with van der Waals surface area (Å²) in [4.78, 5) is 11.2. The molecular weight excluding hydrogens is 308 g/mol. The molecule has 1 aromatic carbocycles. The highest BCUT2D eigenvalue weighted by atomic mass is 32.1. The first-order valence-electron chi connectivity index (χ1n) is 7.51. The van der Waals surface area contributed by atoms with Crippen LogP contribution < -0.4 is 5.32 Å². The lowest BCUT2D eigenvalue weighted by molar-refractivity contribution is 0.432. The maximum atomic E-state index is 5.40. The normalized spacial score (nSPS) is 17.1. The summed E-state index contributed by atoms with van der Waals surface area (Å²) in [6.07, 6.45) is 0. The minimum atomic E-state index is 0.400. The zero-order valence-corrected chi connectivity index (χ0v) is 13.7. The Morgan fingerprint density at radius 2 is 1.91 bits per heavy atom. The third-order valence-corrected chi connectivity index (χ3v) is 4.70. The van der Waals surface area contributed by atoms with E-state index in [0.29, 0.717) is 17.8 Å². The number of nitrogens with zero attached hydrogens (tertiary/aromatic N) is 3. The van der Waals surface area contributed by atoms with Crippen molar-refractivity contribution in [2.24, 2.45) is 4.99 Å². The van der Waals surface area contributed by atoms with Crippen molar-refractivity contribution in [1.29, 1.82) is 0 Å². The van der Waals surface area contributed by atoms with Crippen molar-refractivity contribution in [1.82, 2.24) is 15.5 Å². The van der Waals surface area contributed by atoms with E-state index in [1.54, 1.807) is 11.3 Å². The molecule has 0 bridgehead atoms. The van der Waals surface area contributed by atoms with Crippen LogP contribution in [-0.4, -0.2) is 28.6 Å². The maximum Gasteiger partial charge on any atom is 0.258 e. The van der Waals surface area contributed by atoms with Gasteiger partial charge in [-0.15, -0.1) is 11.3 Å². The molecule has 3 heterocycles. The van der Waals surface area contributed by atoms with Crippen molar-refractivity contribution in [3.63, 3.8) is 0 Å². The Hall–Kier alpha value is -2.47. The van der Waals surface area contributed by atoms with Gasteiger partial charge in [0.05, 0.1) is 11.4 Å². The predicted octanol–water partition coefficient (Wildman–Crippen LogP) is 3.51. The van der Waals surface area contributed by atoms with E-state index in [-0.39, 0.29) is 0 Å². The van der Waals surface area contributed by atoms with Gasteiger partial charge in [-0.3, -0.25) is 4.99 Å². The van der Waals surface area contributed by atoms with Gasteiger partial charge in [0.25, 0.3) is 5.89 Å². The number of aliphatic imine (C=N–C) groups is 1. The van der Waals surface area contributed by atoms with Gasteiger partial charge in [0.1, 0.15) is 5.84 Å². The molecule has 0 amide bonds. The number of aryl methyl sites for hydroxylation is 1. The predicted molar refractivity (Wildman–Crippen MR) is 91.8 cm³/mol. The molecule has 116 valence electrons. The van der Waals surface area contributed by atoms with Crippen LogP contribution in [0.5, 0.6) is 0 Å². The van der Waals surface area contributed by atoms with Crippen LogP contribution >= 0.6 is 11.3 Å². The van der Waals surface area contributed by atoms with Gasteiger partial charge in [-0.25, -0.2) is 0 Å². The number of aromatic nitrogens is 2. The lowest BCUT2D eigenvalue weighted by atomic mass is 10.1. The molecule has 23 heavy (non-hydrogen) atoms. The summed E-state index contributed by atoms with van der Waals surface area (Å²) in [7, 11) is 0. The maximum absolute atomic E-state index is 5.40. The first kappa shape index (κ1) is 14.1. The molecule has 4 rings (SSSR count). The van der Waals surface area contributed by atoms with Crippen molar-refractivity contribution < 1.29 is 4.52 Å². The Balaban J connectivity index is 1.58. The van der Waals surface area contributed by atoms with Gasteiger partial charge < -0.3 is 9.84 Å². The Labute approximate surface area is 138 Å². The van der Waals surface area contributed by atoms with Crippen molar-refractivity contribution in [3.8, 4) is 22.2 Å². The minimum absolute atomic E-state index is 0.400. The van der Waals surface area contributed by atoms with E-state index in [4.69, 9.17) is 4.52 Å². The fraction of sp³-hybridized carbons (Fsp3) is 0.235. The third kappa shape index (κ3) is 2.77. The zero-order chi connectivity index (χ0) is 15.8. The molecule has 0 radical (unpaired) electrons. The van der Waals surface area contributed by atoms with E-state index in [1.807, 2.05) is 30.3 Å². The van der Waals surface area contributed by atoms with Crippen LogP contribution in [0.4, 0.5) is 0 Å². The molecule has 0 fully saturated rings. The van der Waals surface area contributed by atoms with Crippen molar-refractivity contribution in [2.45, 2.75) is 19.9 Å². The molecule has 0 saturated heterocycles. The molecule has 1 unspecified atom stereocenters. The molecule has 1 aliphatic rings. The lowest BCUT2D eigenvalue weighted by Crippen LogP contribution is -2.27. The molecular formula is C17H16N4OS. The SMILES string of the molecule is Cc1ccc(-c2noc(-c3ccc(C4=NCC(C)N4)cc3)n2)s1. The summed E-state index contributed by atoms with van der Waals surface area (Å²) in [6.45, 7) is 5.01. The van der Waals surface area contributed by atoms with Crippen LogP contribution in [-0.2, 0) is 0 Å². The van der Waals surface area contributed by atoms with Crippen LogP contribution in [0, 0.1) is 6.92 Å². The Bertz CT molecular complexity index is 863. The monoisotopic (exact) mass is 324 g/mol. The second-order valence-electron chi connectivity index (χ2n) is 5.65. The largest absolute Gasteiger partial charge is 0.366 e. The Morgan fingerprint density at radius 3 is 2.57 bits per heavy atom. The Morgan fingerprint density at radius 1 is 1.13 bits per heavy atom. The number of amidine groups is 1. The lowest BCUT2D eigenvalue weighted by Gasteiger charge is -2.06. The molecule has 1 atom stereocenters. The third-order valence-electron chi connectivity index (χ3n) is 3.70. The van der Waals surface area contributed by atoms with Crippen LogP contribution in [0.3, 0.4) is 0 Å². The molecule has 6 heteroatoms. The van der Waals surface area contributed by atoms with Gasteiger partial charge >= 0.3 is 0 Å². The summed E-state index contributed by atoms with van der Waals surface area (Å²) in [5.41, 5.74) is 1.99. The highest BCUT2D eigenvalue weighted by molar-refractivity contribution is 7.15. The minimum Gasteiger partial charge on any atom is -0.366 e. The van der Waals surface area contributed by atoms with Crippen molar-refractivity contribution >= 4 is 17.2 Å². The van der Waals surface area contributed by atoms with Crippen LogP contribution in [0.25, 0.3) is 22.2 Å². The summed E-state index contributed by atoms with van der Waals surface area (Å²) in [5.74, 6) is 2.12. The smallest absolute Gasteiger partial charge is 0.258 e. The molecule has 0 aliphatic carbocycles. The summed E-state index contributed by atoms with van der Waals surface area (Å²) in [5, 5.41) is 7.43. The molecule has 2 aromatic heterocycles. The molecule has 0 spiro atoms. The van der Waals surface area contributed by atoms with Gasteiger partial charge in [-0.1, -0.05) is 17.3 Å². The fourth-order valence-corrected chi connectivity index (χ4v) is 3.29. The van der Waals surface area contributed by atoms with Gasteiger partial charge in [0.2, 0.25) is 5.82 Å². The van der Waals surface area contributed by atoms with Gasteiger partial charge in [0, 0.05) is 22.0 Å². The fourth-order valence-electron chi connectivity index (χ4n) is 2.49. The number of hydrogen-bond acceptors (Lipinski definition) is 6. The van der Waals surface area contributed by atoms with E-state index in [1.165, 1.54) is 4.88 Å². The highest BCUT2D eigenvalue weighted by Gasteiger charge is 2.15. The summed E-state index contributed by atoms with van der Waals surface area (Å²) < 4.78 is 5.40.